The van der Waals surface area contributed by atoms with Gasteiger partial charge in [-0.25, -0.2) is 0 Å². The van der Waals surface area contributed by atoms with Crippen LogP contribution in [-0.4, -0.2) is 23.9 Å². The normalized spacial score (nSPS) is 15.7. The Kier molecular flexibility index (Phi) is 3.14. The molecule has 1 amide bonds. The molecule has 0 bridgehead atoms. The van der Waals surface area contributed by atoms with Crippen LogP contribution in [0.4, 0.5) is 0 Å². The maximum Gasteiger partial charge on any atom is 0.289 e. The molecule has 0 saturated heterocycles. The zero-order chi connectivity index (χ0) is 15.1. The second kappa shape index (κ2) is 5.16. The number of carbonyl (C=O) groups excluding carboxylic acids is 1. The van der Waals surface area contributed by atoms with Crippen molar-refractivity contribution in [3.05, 3.63) is 48.2 Å². The average Bonchev–Trinajstić information content (AvgIpc) is 3.22. The van der Waals surface area contributed by atoms with Crippen LogP contribution < -0.4 is 0 Å². The highest BCUT2D eigenvalue weighted by Crippen LogP contribution is 2.30. The van der Waals surface area contributed by atoms with Crippen LogP contribution >= 0.6 is 0 Å². The Bertz CT molecular complexity index is 843. The number of amides is 1. The molecule has 0 radical (unpaired) electrons. The Hall–Kier alpha value is -2.29. The monoisotopic (exact) mass is 293 g/mol. The number of nitrogens with zero attached hydrogens (tertiary/aromatic N) is 1. The third-order valence-electron chi connectivity index (χ3n) is 4.83. The van der Waals surface area contributed by atoms with Crippen LogP contribution in [0.2, 0.25) is 0 Å². The van der Waals surface area contributed by atoms with Gasteiger partial charge in [0.15, 0.2) is 5.76 Å². The Labute approximate surface area is 129 Å². The first-order valence-electron chi connectivity index (χ1n) is 7.92. The number of hydrogen-bond acceptors (Lipinski definition) is 2. The Morgan fingerprint density at radius 2 is 1.86 bits per heavy atom. The molecule has 0 N–H and O–H groups in total. The van der Waals surface area contributed by atoms with Crippen molar-refractivity contribution in [1.82, 2.24) is 4.90 Å². The predicted molar refractivity (Wildman–Crippen MR) is 88.1 cm³/mol. The molecular formula is C19H19NO2. The smallest absolute Gasteiger partial charge is 0.289 e. The van der Waals surface area contributed by atoms with Gasteiger partial charge in [0.2, 0.25) is 0 Å². The fourth-order valence-corrected chi connectivity index (χ4v) is 3.53. The van der Waals surface area contributed by atoms with Gasteiger partial charge in [0, 0.05) is 18.5 Å². The second-order valence-corrected chi connectivity index (χ2v) is 6.16. The lowest BCUT2D eigenvalue weighted by molar-refractivity contribution is 0.0705. The quantitative estimate of drug-likeness (QED) is 0.692. The van der Waals surface area contributed by atoms with Crippen molar-refractivity contribution in [3.63, 3.8) is 0 Å². The molecule has 1 fully saturated rings. The largest absolute Gasteiger partial charge is 0.451 e. The minimum atomic E-state index is -0.00724. The zero-order valence-electron chi connectivity index (χ0n) is 12.7. The number of fused-ring (bicyclic) bond motifs is 3. The van der Waals surface area contributed by atoms with E-state index in [9.17, 15) is 4.79 Å². The highest BCUT2D eigenvalue weighted by atomic mass is 16.3. The summed E-state index contributed by atoms with van der Waals surface area (Å²) in [5, 5.41) is 3.31. The average molecular weight is 293 g/mol. The molecule has 1 saturated carbocycles. The van der Waals surface area contributed by atoms with Crippen LogP contribution in [0.3, 0.4) is 0 Å². The molecule has 3 nitrogen and oxygen atoms in total. The maximum absolute atomic E-state index is 12.7. The van der Waals surface area contributed by atoms with Crippen molar-refractivity contribution in [2.45, 2.75) is 31.7 Å². The molecule has 22 heavy (non-hydrogen) atoms. The number of furan rings is 1. The van der Waals surface area contributed by atoms with Crippen molar-refractivity contribution in [3.8, 4) is 0 Å². The van der Waals surface area contributed by atoms with Gasteiger partial charge in [-0.3, -0.25) is 4.79 Å². The minimum Gasteiger partial charge on any atom is -0.451 e. The summed E-state index contributed by atoms with van der Waals surface area (Å²) >= 11 is 0. The van der Waals surface area contributed by atoms with Gasteiger partial charge in [-0.15, -0.1) is 0 Å². The van der Waals surface area contributed by atoms with Gasteiger partial charge < -0.3 is 9.32 Å². The molecule has 0 unspecified atom stereocenters. The molecular weight excluding hydrogens is 274 g/mol. The summed E-state index contributed by atoms with van der Waals surface area (Å²) in [7, 11) is 1.89. The first-order chi connectivity index (χ1) is 10.7. The van der Waals surface area contributed by atoms with Crippen LogP contribution in [0.25, 0.3) is 21.7 Å². The molecule has 1 heterocycles. The van der Waals surface area contributed by atoms with E-state index in [1.807, 2.05) is 42.3 Å². The molecule has 1 aliphatic carbocycles. The molecule has 4 rings (SSSR count). The molecule has 0 atom stereocenters. The Morgan fingerprint density at radius 3 is 2.68 bits per heavy atom. The molecule has 0 spiro atoms. The topological polar surface area (TPSA) is 33.5 Å². The lowest BCUT2D eigenvalue weighted by Crippen LogP contribution is -2.34. The summed E-state index contributed by atoms with van der Waals surface area (Å²) in [5.41, 5.74) is 0.780. The lowest BCUT2D eigenvalue weighted by Gasteiger charge is -2.23. The number of carbonyl (C=O) groups is 1. The summed E-state index contributed by atoms with van der Waals surface area (Å²) in [4.78, 5) is 14.5. The van der Waals surface area contributed by atoms with Gasteiger partial charge in [-0.2, -0.15) is 0 Å². The molecule has 1 aliphatic rings. The van der Waals surface area contributed by atoms with Gasteiger partial charge in [0.25, 0.3) is 5.91 Å². The van der Waals surface area contributed by atoms with E-state index in [4.69, 9.17) is 4.42 Å². The summed E-state index contributed by atoms with van der Waals surface area (Å²) < 4.78 is 5.83. The van der Waals surface area contributed by atoms with Gasteiger partial charge in [0.1, 0.15) is 5.58 Å². The van der Waals surface area contributed by atoms with E-state index in [-0.39, 0.29) is 5.91 Å². The maximum atomic E-state index is 12.7. The van der Waals surface area contributed by atoms with E-state index in [0.29, 0.717) is 11.8 Å². The van der Waals surface area contributed by atoms with Gasteiger partial charge in [0.05, 0.1) is 0 Å². The van der Waals surface area contributed by atoms with Crippen molar-refractivity contribution in [2.24, 2.45) is 0 Å². The van der Waals surface area contributed by atoms with E-state index in [1.165, 1.54) is 18.2 Å². The van der Waals surface area contributed by atoms with E-state index >= 15 is 0 Å². The third kappa shape index (κ3) is 2.08. The summed E-state index contributed by atoms with van der Waals surface area (Å²) in [5.74, 6) is 0.438. The second-order valence-electron chi connectivity index (χ2n) is 6.16. The Balaban J connectivity index is 1.75. The van der Waals surface area contributed by atoms with E-state index in [1.54, 1.807) is 0 Å². The molecule has 3 aromatic rings. The van der Waals surface area contributed by atoms with Crippen LogP contribution in [0.1, 0.15) is 36.2 Å². The fraction of sp³-hybridized carbons (Fsp3) is 0.316. The first-order valence-corrected chi connectivity index (χ1v) is 7.92. The van der Waals surface area contributed by atoms with Crippen molar-refractivity contribution in [1.29, 1.82) is 0 Å². The summed E-state index contributed by atoms with van der Waals surface area (Å²) in [6, 6.07) is 14.4. The van der Waals surface area contributed by atoms with Crippen LogP contribution in [0.15, 0.2) is 46.9 Å². The molecule has 112 valence electrons. The fourth-order valence-electron chi connectivity index (χ4n) is 3.53. The van der Waals surface area contributed by atoms with E-state index in [2.05, 4.69) is 12.1 Å². The molecule has 0 aliphatic heterocycles. The number of benzene rings is 2. The van der Waals surface area contributed by atoms with Crippen molar-refractivity contribution >= 4 is 27.6 Å². The first kappa shape index (κ1) is 13.4. The zero-order valence-corrected chi connectivity index (χ0v) is 12.7. The summed E-state index contributed by atoms with van der Waals surface area (Å²) in [6.07, 6.45) is 4.64. The van der Waals surface area contributed by atoms with Crippen LogP contribution in [0.5, 0.6) is 0 Å². The molecule has 1 aromatic heterocycles. The van der Waals surface area contributed by atoms with E-state index in [0.717, 1.165) is 29.2 Å². The van der Waals surface area contributed by atoms with Gasteiger partial charge in [-0.05, 0) is 35.7 Å². The van der Waals surface area contributed by atoms with Crippen LogP contribution in [-0.2, 0) is 0 Å². The highest BCUT2D eigenvalue weighted by Gasteiger charge is 2.26. The van der Waals surface area contributed by atoms with Crippen LogP contribution in [0, 0.1) is 0 Å². The van der Waals surface area contributed by atoms with Gasteiger partial charge in [-0.1, -0.05) is 43.2 Å². The SMILES string of the molecule is CN(C(=O)c1cc2c(ccc3ccccc32)o1)C1CCCC1. The molecule has 3 heteroatoms. The van der Waals surface area contributed by atoms with E-state index < -0.39 is 0 Å². The van der Waals surface area contributed by atoms with Gasteiger partial charge >= 0.3 is 0 Å². The predicted octanol–water partition coefficient (Wildman–Crippen LogP) is 4.60. The number of hydrogen-bond donors (Lipinski definition) is 0. The molecule has 2 aromatic carbocycles. The third-order valence-corrected chi connectivity index (χ3v) is 4.83. The number of rotatable bonds is 2. The minimum absolute atomic E-state index is 0.00724. The standard InChI is InChI=1S/C19H19NO2/c1-20(14-7-3-4-8-14)19(21)18-12-16-15-9-5-2-6-13(15)10-11-17(16)22-18/h2,5-6,9-12,14H,3-4,7-8H2,1H3. The van der Waals surface area contributed by atoms with Crippen molar-refractivity contribution in [2.75, 3.05) is 7.05 Å². The summed E-state index contributed by atoms with van der Waals surface area (Å²) in [6.45, 7) is 0. The van der Waals surface area contributed by atoms with Crippen molar-refractivity contribution < 1.29 is 9.21 Å². The Morgan fingerprint density at radius 1 is 1.09 bits per heavy atom. The highest BCUT2D eigenvalue weighted by molar-refractivity contribution is 6.08. The lowest BCUT2D eigenvalue weighted by atomic mass is 10.1.